The molecule has 2 unspecified atom stereocenters. The molecule has 0 radical (unpaired) electrons. The second-order valence-electron chi connectivity index (χ2n) is 8.03. The van der Waals surface area contributed by atoms with Gasteiger partial charge in [-0.15, -0.1) is 0 Å². The summed E-state index contributed by atoms with van der Waals surface area (Å²) in [6, 6.07) is 4.70. The maximum Gasteiger partial charge on any atom is 0.262 e. The molecule has 0 aliphatic carbocycles. The number of amides is 4. The largest absolute Gasteiger partial charge is 0.314 e. The van der Waals surface area contributed by atoms with Gasteiger partial charge >= 0.3 is 0 Å². The van der Waals surface area contributed by atoms with E-state index in [9.17, 15) is 19.2 Å². The van der Waals surface area contributed by atoms with Gasteiger partial charge in [-0.05, 0) is 30.2 Å². The minimum Gasteiger partial charge on any atom is -0.314 e. The van der Waals surface area contributed by atoms with Crippen molar-refractivity contribution < 1.29 is 19.2 Å². The first-order valence-corrected chi connectivity index (χ1v) is 10.9. The molecule has 2 atom stereocenters. The summed E-state index contributed by atoms with van der Waals surface area (Å²) >= 11 is 1.99. The lowest BCUT2D eigenvalue weighted by atomic mass is 9.91. The van der Waals surface area contributed by atoms with Gasteiger partial charge in [-0.1, -0.05) is 12.1 Å². The summed E-state index contributed by atoms with van der Waals surface area (Å²) < 4.78 is 0.233. The molecule has 4 amide bonds. The van der Waals surface area contributed by atoms with Crippen LogP contribution in [0.1, 0.15) is 45.5 Å². The first kappa shape index (κ1) is 18.8. The van der Waals surface area contributed by atoms with Crippen molar-refractivity contribution in [2.75, 3.05) is 18.8 Å². The predicted octanol–water partition coefficient (Wildman–Crippen LogP) is 0.0249. The third-order valence-corrected chi connectivity index (χ3v) is 7.96. The Morgan fingerprint density at radius 2 is 1.97 bits per heavy atom. The van der Waals surface area contributed by atoms with Crippen LogP contribution in [-0.2, 0) is 16.1 Å². The van der Waals surface area contributed by atoms with E-state index in [1.807, 2.05) is 17.8 Å². The number of piperidine rings is 1. The quantitative estimate of drug-likeness (QED) is 0.597. The third-order valence-electron chi connectivity index (χ3n) is 6.37. The smallest absolute Gasteiger partial charge is 0.262 e. The van der Waals surface area contributed by atoms with E-state index in [1.165, 1.54) is 0 Å². The van der Waals surface area contributed by atoms with Crippen LogP contribution in [0.5, 0.6) is 0 Å². The molecule has 152 valence electrons. The Morgan fingerprint density at radius 1 is 1.14 bits per heavy atom. The number of nitrogens with zero attached hydrogens (tertiary/aromatic N) is 1. The molecule has 4 aliphatic heterocycles. The number of thioether (sulfide) groups is 1. The van der Waals surface area contributed by atoms with Crippen molar-refractivity contribution in [3.05, 3.63) is 34.9 Å². The fraction of sp³-hybridized carbons (Fsp3) is 0.500. The highest BCUT2D eigenvalue weighted by Gasteiger charge is 2.49. The summed E-state index contributed by atoms with van der Waals surface area (Å²) in [5, 5.41) is 9.17. The summed E-state index contributed by atoms with van der Waals surface area (Å²) in [5.41, 5.74) is 1.48. The van der Waals surface area contributed by atoms with Crippen LogP contribution < -0.4 is 16.0 Å². The molecule has 9 heteroatoms. The van der Waals surface area contributed by atoms with Gasteiger partial charge in [0, 0.05) is 32.1 Å². The minimum atomic E-state index is -0.934. The van der Waals surface area contributed by atoms with Gasteiger partial charge < -0.3 is 10.6 Å². The van der Waals surface area contributed by atoms with E-state index in [0.717, 1.165) is 35.7 Å². The van der Waals surface area contributed by atoms with E-state index in [-0.39, 0.29) is 23.5 Å². The fourth-order valence-corrected chi connectivity index (χ4v) is 6.29. The lowest BCUT2D eigenvalue weighted by Crippen LogP contribution is -2.64. The number of carbonyl (C=O) groups excluding carboxylic acids is 4. The van der Waals surface area contributed by atoms with E-state index in [4.69, 9.17) is 0 Å². The molecular formula is C20H22N4O4S. The van der Waals surface area contributed by atoms with Gasteiger partial charge in [0.05, 0.1) is 15.9 Å². The number of nitrogens with one attached hydrogen (secondary N) is 3. The summed E-state index contributed by atoms with van der Waals surface area (Å²) in [7, 11) is 0. The van der Waals surface area contributed by atoms with Crippen LogP contribution in [0.15, 0.2) is 18.2 Å². The number of fused-ring (bicyclic) bond motifs is 1. The van der Waals surface area contributed by atoms with Gasteiger partial charge in [0.15, 0.2) is 0 Å². The van der Waals surface area contributed by atoms with Gasteiger partial charge in [0.25, 0.3) is 11.8 Å². The zero-order valence-corrected chi connectivity index (χ0v) is 16.6. The molecule has 3 N–H and O–H groups in total. The van der Waals surface area contributed by atoms with Crippen LogP contribution in [-0.4, -0.2) is 64.2 Å². The van der Waals surface area contributed by atoms with Gasteiger partial charge in [0.1, 0.15) is 6.04 Å². The number of carbonyl (C=O) groups is 4. The second kappa shape index (κ2) is 6.93. The Kier molecular flexibility index (Phi) is 4.49. The molecule has 3 fully saturated rings. The molecule has 4 heterocycles. The van der Waals surface area contributed by atoms with E-state index < -0.39 is 23.8 Å². The van der Waals surface area contributed by atoms with Crippen molar-refractivity contribution in [3.63, 3.8) is 0 Å². The molecule has 1 spiro atoms. The average molecular weight is 414 g/mol. The Hall–Kier alpha value is -2.23. The molecule has 29 heavy (non-hydrogen) atoms. The molecule has 4 aliphatic rings. The number of hydrogen-bond donors (Lipinski definition) is 3. The maximum atomic E-state index is 13.1. The second-order valence-corrected chi connectivity index (χ2v) is 9.54. The van der Waals surface area contributed by atoms with Gasteiger partial charge in [-0.3, -0.25) is 29.4 Å². The zero-order chi connectivity index (χ0) is 20.2. The summed E-state index contributed by atoms with van der Waals surface area (Å²) in [5.74, 6) is -0.748. The average Bonchev–Trinajstić information content (AvgIpc) is 3.21. The molecular weight excluding hydrogens is 392 g/mol. The first-order chi connectivity index (χ1) is 14.0. The van der Waals surface area contributed by atoms with Crippen LogP contribution in [0.25, 0.3) is 0 Å². The van der Waals surface area contributed by atoms with Gasteiger partial charge in [-0.25, -0.2) is 0 Å². The number of benzene rings is 1. The molecule has 3 saturated heterocycles. The fourth-order valence-electron chi connectivity index (χ4n) is 4.72. The normalized spacial score (nSPS) is 27.9. The monoisotopic (exact) mass is 414 g/mol. The van der Waals surface area contributed by atoms with Gasteiger partial charge in [-0.2, -0.15) is 11.8 Å². The lowest BCUT2D eigenvalue weighted by Gasteiger charge is -2.43. The van der Waals surface area contributed by atoms with Crippen LogP contribution >= 0.6 is 11.8 Å². The predicted molar refractivity (Wildman–Crippen MR) is 106 cm³/mol. The van der Waals surface area contributed by atoms with E-state index >= 15 is 0 Å². The number of imide groups is 2. The molecule has 0 aromatic heterocycles. The van der Waals surface area contributed by atoms with Crippen LogP contribution in [0.3, 0.4) is 0 Å². The van der Waals surface area contributed by atoms with Crippen molar-refractivity contribution in [2.45, 2.75) is 42.6 Å². The van der Waals surface area contributed by atoms with Crippen LogP contribution in [0, 0.1) is 0 Å². The Labute approximate surface area is 172 Å². The zero-order valence-electron chi connectivity index (χ0n) is 15.8. The Bertz CT molecular complexity index is 929. The van der Waals surface area contributed by atoms with Crippen LogP contribution in [0.2, 0.25) is 0 Å². The van der Waals surface area contributed by atoms with Crippen molar-refractivity contribution in [3.8, 4) is 0 Å². The highest BCUT2D eigenvalue weighted by molar-refractivity contribution is 8.01. The van der Waals surface area contributed by atoms with E-state index in [0.29, 0.717) is 23.7 Å². The number of hydrogen-bond acceptors (Lipinski definition) is 7. The maximum absolute atomic E-state index is 13.1. The summed E-state index contributed by atoms with van der Waals surface area (Å²) in [6.45, 7) is 2.48. The van der Waals surface area contributed by atoms with E-state index in [2.05, 4.69) is 16.0 Å². The SMILES string of the molecule is O=C1CCC(N2C(=O)c3cccc(CNC4CCSC45CNC5)c3C2=O)C(=O)N1. The Balaban J connectivity index is 1.38. The molecule has 1 aromatic rings. The molecule has 1 aromatic carbocycles. The van der Waals surface area contributed by atoms with E-state index in [1.54, 1.807) is 12.1 Å². The summed E-state index contributed by atoms with van der Waals surface area (Å²) in [4.78, 5) is 50.7. The van der Waals surface area contributed by atoms with Crippen LogP contribution in [0.4, 0.5) is 0 Å². The third kappa shape index (κ3) is 2.91. The topological polar surface area (TPSA) is 108 Å². The number of rotatable bonds is 4. The molecule has 8 nitrogen and oxygen atoms in total. The van der Waals surface area contributed by atoms with Crippen molar-refractivity contribution >= 4 is 35.4 Å². The molecule has 0 bridgehead atoms. The molecule has 0 saturated carbocycles. The Morgan fingerprint density at radius 3 is 2.69 bits per heavy atom. The van der Waals surface area contributed by atoms with Crippen molar-refractivity contribution in [1.82, 2.24) is 20.9 Å². The standard InChI is InChI=1S/C20H22N4O4S/c25-15-5-4-13(17(26)23-15)24-18(27)12-3-1-2-11(16(12)19(24)28)8-22-14-6-7-29-20(14)9-21-10-20/h1-3,13-14,21-22H,4-10H2,(H,23,25,26). The highest BCUT2D eigenvalue weighted by atomic mass is 32.2. The lowest BCUT2D eigenvalue weighted by molar-refractivity contribution is -0.136. The molecule has 5 rings (SSSR count). The van der Waals surface area contributed by atoms with Crippen molar-refractivity contribution in [1.29, 1.82) is 0 Å². The summed E-state index contributed by atoms with van der Waals surface area (Å²) in [6.07, 6.45) is 1.36. The minimum absolute atomic E-state index is 0.119. The van der Waals surface area contributed by atoms with Crippen molar-refractivity contribution in [2.24, 2.45) is 0 Å². The highest BCUT2D eigenvalue weighted by Crippen LogP contribution is 2.41. The first-order valence-electron chi connectivity index (χ1n) is 9.92. The van der Waals surface area contributed by atoms with Gasteiger partial charge in [0.2, 0.25) is 11.8 Å².